The molecule has 0 saturated heterocycles. The van der Waals surface area contributed by atoms with E-state index in [9.17, 15) is 4.79 Å². The molecule has 2 N–H and O–H groups in total. The molecule has 2 saturated carbocycles. The summed E-state index contributed by atoms with van der Waals surface area (Å²) in [5.74, 6) is 0.428. The van der Waals surface area contributed by atoms with Crippen LogP contribution in [0.25, 0.3) is 0 Å². The van der Waals surface area contributed by atoms with Crippen molar-refractivity contribution in [1.82, 2.24) is 4.90 Å². The Kier molecular flexibility index (Phi) is 7.01. The maximum Gasteiger partial charge on any atom is 0.227 e. The first-order valence-corrected chi connectivity index (χ1v) is 9.30. The van der Waals surface area contributed by atoms with Crippen molar-refractivity contribution in [3.05, 3.63) is 0 Å². The van der Waals surface area contributed by atoms with Gasteiger partial charge in [0.25, 0.3) is 0 Å². The number of nitrogens with zero attached hydrogens (tertiary/aromatic N) is 1. The van der Waals surface area contributed by atoms with Gasteiger partial charge in [-0.1, -0.05) is 51.9 Å². The summed E-state index contributed by atoms with van der Waals surface area (Å²) in [7, 11) is 0. The monoisotopic (exact) mass is 294 g/mol. The average Bonchev–Trinajstić information content (AvgIpc) is 2.55. The number of rotatable bonds is 6. The van der Waals surface area contributed by atoms with Crippen LogP contribution in [0.3, 0.4) is 0 Å². The van der Waals surface area contributed by atoms with Crippen LogP contribution in [0.5, 0.6) is 0 Å². The highest BCUT2D eigenvalue weighted by molar-refractivity contribution is 5.79. The summed E-state index contributed by atoms with van der Waals surface area (Å²) >= 11 is 0. The van der Waals surface area contributed by atoms with Gasteiger partial charge < -0.3 is 10.6 Å². The number of hydrogen-bond donors (Lipinski definition) is 1. The van der Waals surface area contributed by atoms with Crippen LogP contribution in [0.1, 0.15) is 84.0 Å². The second-order valence-electron chi connectivity index (χ2n) is 7.05. The van der Waals surface area contributed by atoms with Crippen molar-refractivity contribution in [2.24, 2.45) is 11.7 Å². The van der Waals surface area contributed by atoms with E-state index in [2.05, 4.69) is 11.8 Å². The number of hydrogen-bond acceptors (Lipinski definition) is 2. The smallest absolute Gasteiger partial charge is 0.227 e. The van der Waals surface area contributed by atoms with E-state index in [-0.39, 0.29) is 5.92 Å². The molecule has 0 radical (unpaired) electrons. The molecule has 2 rings (SSSR count). The molecule has 1 amide bonds. The molecule has 2 aliphatic rings. The molecule has 0 spiro atoms. The second-order valence-corrected chi connectivity index (χ2v) is 7.05. The molecule has 0 aromatic rings. The molecule has 0 heterocycles. The molecule has 2 fully saturated rings. The molecule has 0 bridgehead atoms. The second kappa shape index (κ2) is 8.77. The van der Waals surface area contributed by atoms with Crippen molar-refractivity contribution in [2.45, 2.75) is 96.1 Å². The third-order valence-corrected chi connectivity index (χ3v) is 5.46. The van der Waals surface area contributed by atoms with Crippen LogP contribution >= 0.6 is 0 Å². The van der Waals surface area contributed by atoms with Gasteiger partial charge in [-0.15, -0.1) is 0 Å². The molecular formula is C18H34N2O. The van der Waals surface area contributed by atoms with Gasteiger partial charge in [0, 0.05) is 18.6 Å². The zero-order valence-corrected chi connectivity index (χ0v) is 13.9. The van der Waals surface area contributed by atoms with E-state index in [1.54, 1.807) is 0 Å². The number of amides is 1. The predicted octanol–water partition coefficient (Wildman–Crippen LogP) is 3.86. The first kappa shape index (κ1) is 16.8. The van der Waals surface area contributed by atoms with Gasteiger partial charge >= 0.3 is 0 Å². The quantitative estimate of drug-likeness (QED) is 0.808. The molecular weight excluding hydrogens is 260 g/mol. The van der Waals surface area contributed by atoms with E-state index < -0.39 is 0 Å². The Hall–Kier alpha value is -0.570. The third-order valence-electron chi connectivity index (χ3n) is 5.46. The number of carbonyl (C=O) groups excluding carboxylic acids is 1. The molecule has 122 valence electrons. The Morgan fingerprint density at radius 1 is 1.00 bits per heavy atom. The topological polar surface area (TPSA) is 46.3 Å². The lowest BCUT2D eigenvalue weighted by Gasteiger charge is -2.43. The van der Waals surface area contributed by atoms with E-state index in [1.807, 2.05) is 0 Å². The summed E-state index contributed by atoms with van der Waals surface area (Å²) in [5, 5.41) is 0. The standard InChI is InChI=1S/C18H34N2O/c1-2-9-15(14-19)18(21)20(16-10-5-3-6-11-16)17-12-7-4-8-13-17/h15-17H,2-14,19H2,1H3. The summed E-state index contributed by atoms with van der Waals surface area (Å²) in [6.45, 7) is 2.67. The molecule has 0 aromatic carbocycles. The van der Waals surface area contributed by atoms with Crippen LogP contribution in [0, 0.1) is 5.92 Å². The zero-order chi connectivity index (χ0) is 15.1. The van der Waals surface area contributed by atoms with Crippen molar-refractivity contribution in [2.75, 3.05) is 6.54 Å². The van der Waals surface area contributed by atoms with Crippen LogP contribution in [0.15, 0.2) is 0 Å². The highest BCUT2D eigenvalue weighted by atomic mass is 16.2. The van der Waals surface area contributed by atoms with Gasteiger partial charge in [0.15, 0.2) is 0 Å². The summed E-state index contributed by atoms with van der Waals surface area (Å²) in [4.78, 5) is 15.4. The molecule has 3 nitrogen and oxygen atoms in total. The molecule has 0 aromatic heterocycles. The Morgan fingerprint density at radius 3 is 1.86 bits per heavy atom. The summed E-state index contributed by atoms with van der Waals surface area (Å²) in [6.07, 6.45) is 14.7. The lowest BCUT2D eigenvalue weighted by Crippen LogP contribution is -2.52. The SMILES string of the molecule is CCCC(CN)C(=O)N(C1CCCCC1)C1CCCCC1. The predicted molar refractivity (Wildman–Crippen MR) is 88.0 cm³/mol. The lowest BCUT2D eigenvalue weighted by molar-refractivity contribution is -0.142. The zero-order valence-electron chi connectivity index (χ0n) is 13.9. The van der Waals surface area contributed by atoms with Gasteiger partial charge in [-0.25, -0.2) is 0 Å². The lowest BCUT2D eigenvalue weighted by atomic mass is 9.87. The van der Waals surface area contributed by atoms with Crippen molar-refractivity contribution >= 4 is 5.91 Å². The number of carbonyl (C=O) groups is 1. The maximum absolute atomic E-state index is 13.1. The Bertz CT molecular complexity index is 288. The largest absolute Gasteiger partial charge is 0.336 e. The molecule has 1 atom stereocenters. The molecule has 1 unspecified atom stereocenters. The summed E-state index contributed by atoms with van der Waals surface area (Å²) in [6, 6.07) is 1.00. The van der Waals surface area contributed by atoms with E-state index >= 15 is 0 Å². The third kappa shape index (κ3) is 4.45. The maximum atomic E-state index is 13.1. The van der Waals surface area contributed by atoms with E-state index in [1.165, 1.54) is 64.2 Å². The Balaban J connectivity index is 2.10. The normalized spacial score (nSPS) is 23.0. The molecule has 21 heavy (non-hydrogen) atoms. The highest BCUT2D eigenvalue weighted by Crippen LogP contribution is 2.31. The first-order chi connectivity index (χ1) is 10.3. The van der Waals surface area contributed by atoms with Crippen LogP contribution in [-0.4, -0.2) is 29.4 Å². The van der Waals surface area contributed by atoms with Gasteiger partial charge in [-0.3, -0.25) is 4.79 Å². The minimum absolute atomic E-state index is 0.0545. The Morgan fingerprint density at radius 2 is 1.48 bits per heavy atom. The minimum Gasteiger partial charge on any atom is -0.336 e. The van der Waals surface area contributed by atoms with Crippen LogP contribution in [0.4, 0.5) is 0 Å². The van der Waals surface area contributed by atoms with Crippen molar-refractivity contribution in [1.29, 1.82) is 0 Å². The summed E-state index contributed by atoms with van der Waals surface area (Å²) in [5.41, 5.74) is 5.91. The van der Waals surface area contributed by atoms with Gasteiger partial charge in [0.1, 0.15) is 0 Å². The van der Waals surface area contributed by atoms with E-state index in [0.29, 0.717) is 24.5 Å². The van der Waals surface area contributed by atoms with Crippen LogP contribution < -0.4 is 5.73 Å². The van der Waals surface area contributed by atoms with Crippen LogP contribution in [0.2, 0.25) is 0 Å². The van der Waals surface area contributed by atoms with Crippen molar-refractivity contribution in [3.8, 4) is 0 Å². The highest BCUT2D eigenvalue weighted by Gasteiger charge is 2.34. The van der Waals surface area contributed by atoms with Gasteiger partial charge in [-0.2, -0.15) is 0 Å². The Labute approximate surface area is 130 Å². The summed E-state index contributed by atoms with van der Waals surface area (Å²) < 4.78 is 0. The van der Waals surface area contributed by atoms with Crippen LogP contribution in [-0.2, 0) is 4.79 Å². The fourth-order valence-electron chi connectivity index (χ4n) is 4.28. The van der Waals surface area contributed by atoms with Gasteiger partial charge in [0.05, 0.1) is 5.92 Å². The molecule has 3 heteroatoms. The average molecular weight is 294 g/mol. The van der Waals surface area contributed by atoms with Gasteiger partial charge in [-0.05, 0) is 32.1 Å². The fraction of sp³-hybridized carbons (Fsp3) is 0.944. The van der Waals surface area contributed by atoms with Gasteiger partial charge in [0.2, 0.25) is 5.91 Å². The molecule has 2 aliphatic carbocycles. The fourth-order valence-corrected chi connectivity index (χ4v) is 4.28. The minimum atomic E-state index is 0.0545. The first-order valence-electron chi connectivity index (χ1n) is 9.30. The number of nitrogens with two attached hydrogens (primary N) is 1. The van der Waals surface area contributed by atoms with E-state index in [0.717, 1.165) is 12.8 Å². The van der Waals surface area contributed by atoms with E-state index in [4.69, 9.17) is 5.73 Å². The molecule has 0 aliphatic heterocycles. The van der Waals surface area contributed by atoms with Crippen molar-refractivity contribution in [3.63, 3.8) is 0 Å². The van der Waals surface area contributed by atoms with Crippen molar-refractivity contribution < 1.29 is 4.79 Å².